The van der Waals surface area contributed by atoms with Gasteiger partial charge in [0.2, 0.25) is 11.8 Å². The number of fused-ring (bicyclic) bond motifs is 3. The molecule has 5 rings (SSSR count). The van der Waals surface area contributed by atoms with E-state index >= 15 is 0 Å². The first-order valence-corrected chi connectivity index (χ1v) is 9.69. The van der Waals surface area contributed by atoms with Crippen molar-refractivity contribution in [2.75, 3.05) is 0 Å². The summed E-state index contributed by atoms with van der Waals surface area (Å²) in [6.45, 7) is 6.62. The van der Waals surface area contributed by atoms with Gasteiger partial charge in [-0.05, 0) is 11.5 Å². The first kappa shape index (κ1) is 17.5. The molecule has 0 saturated heterocycles. The predicted octanol–water partition coefficient (Wildman–Crippen LogP) is 5.97. The van der Waals surface area contributed by atoms with Crippen LogP contribution in [0.1, 0.15) is 26.5 Å². The van der Waals surface area contributed by atoms with Gasteiger partial charge in [-0.15, -0.1) is 0 Å². The van der Waals surface area contributed by atoms with E-state index in [9.17, 15) is 0 Å². The smallest absolute Gasteiger partial charge is 0.240 e. The van der Waals surface area contributed by atoms with E-state index in [1.54, 1.807) is 6.20 Å². The van der Waals surface area contributed by atoms with Crippen LogP contribution in [0.15, 0.2) is 73.1 Å². The molecule has 144 valence electrons. The molecular formula is C24H22N4O. The topological polar surface area (TPSA) is 55.2 Å². The van der Waals surface area contributed by atoms with Gasteiger partial charge in [-0.2, -0.15) is 4.98 Å². The van der Waals surface area contributed by atoms with Gasteiger partial charge in [0.1, 0.15) is 11.5 Å². The highest BCUT2D eigenvalue weighted by Crippen LogP contribution is 2.32. The van der Waals surface area contributed by atoms with Gasteiger partial charge >= 0.3 is 0 Å². The Balaban J connectivity index is 1.58. The first-order valence-electron chi connectivity index (χ1n) is 9.69. The number of nitrogens with zero attached hydrogens (tertiary/aromatic N) is 3. The summed E-state index contributed by atoms with van der Waals surface area (Å²) in [5, 5.41) is 2.28. The number of aromatic nitrogens is 4. The summed E-state index contributed by atoms with van der Waals surface area (Å²) in [4.78, 5) is 12.4. The zero-order chi connectivity index (χ0) is 20.0. The SMILES string of the molecule is CC(C)(C)c1cc2ccccc2c2nc(Oc3cnc(-c4ccccc4)[nH]3)cn12. The number of H-pyrrole nitrogens is 1. The molecule has 0 atom stereocenters. The zero-order valence-electron chi connectivity index (χ0n) is 16.7. The quantitative estimate of drug-likeness (QED) is 0.418. The van der Waals surface area contributed by atoms with Crippen LogP contribution in [0.2, 0.25) is 0 Å². The molecule has 0 unspecified atom stereocenters. The van der Waals surface area contributed by atoms with Gasteiger partial charge in [0.25, 0.3) is 0 Å². The third-order valence-corrected chi connectivity index (χ3v) is 5.02. The van der Waals surface area contributed by atoms with Crippen LogP contribution < -0.4 is 4.74 Å². The van der Waals surface area contributed by atoms with E-state index in [2.05, 4.69) is 59.4 Å². The minimum Gasteiger partial charge on any atom is -0.419 e. The fourth-order valence-corrected chi connectivity index (χ4v) is 3.61. The Morgan fingerprint density at radius 1 is 0.966 bits per heavy atom. The van der Waals surface area contributed by atoms with E-state index in [4.69, 9.17) is 9.72 Å². The Hall–Kier alpha value is -3.60. The van der Waals surface area contributed by atoms with Crippen LogP contribution in [0.5, 0.6) is 11.8 Å². The Labute approximate surface area is 169 Å². The van der Waals surface area contributed by atoms with E-state index in [1.165, 1.54) is 11.1 Å². The summed E-state index contributed by atoms with van der Waals surface area (Å²) in [6, 6.07) is 20.5. The van der Waals surface area contributed by atoms with Crippen molar-refractivity contribution in [2.24, 2.45) is 0 Å². The molecule has 0 spiro atoms. The molecule has 5 nitrogen and oxygen atoms in total. The van der Waals surface area contributed by atoms with Crippen molar-refractivity contribution in [3.63, 3.8) is 0 Å². The van der Waals surface area contributed by atoms with Crippen LogP contribution in [0.3, 0.4) is 0 Å². The van der Waals surface area contributed by atoms with Crippen LogP contribution >= 0.6 is 0 Å². The number of nitrogens with one attached hydrogen (secondary N) is 1. The van der Waals surface area contributed by atoms with Gasteiger partial charge in [0.15, 0.2) is 0 Å². The number of rotatable bonds is 3. The highest BCUT2D eigenvalue weighted by atomic mass is 16.5. The monoisotopic (exact) mass is 382 g/mol. The second-order valence-electron chi connectivity index (χ2n) is 8.20. The second-order valence-corrected chi connectivity index (χ2v) is 8.20. The lowest BCUT2D eigenvalue weighted by molar-refractivity contribution is 0.450. The number of aromatic amines is 1. The molecule has 0 bridgehead atoms. The van der Waals surface area contributed by atoms with Gasteiger partial charge in [-0.1, -0.05) is 75.4 Å². The summed E-state index contributed by atoms with van der Waals surface area (Å²) >= 11 is 0. The minimum absolute atomic E-state index is 0.0330. The molecule has 5 aromatic rings. The molecule has 2 aromatic carbocycles. The summed E-state index contributed by atoms with van der Waals surface area (Å²) in [5.41, 5.74) is 3.06. The summed E-state index contributed by atoms with van der Waals surface area (Å²) in [6.07, 6.45) is 3.64. The maximum atomic E-state index is 6.03. The Morgan fingerprint density at radius 2 is 1.72 bits per heavy atom. The normalized spacial score (nSPS) is 12.0. The van der Waals surface area contributed by atoms with Gasteiger partial charge in [0.05, 0.1) is 12.4 Å². The number of ether oxygens (including phenoxy) is 1. The number of hydrogen-bond acceptors (Lipinski definition) is 3. The molecule has 0 aliphatic carbocycles. The first-order chi connectivity index (χ1) is 14.0. The molecule has 0 radical (unpaired) electrons. The predicted molar refractivity (Wildman–Crippen MR) is 115 cm³/mol. The van der Waals surface area contributed by atoms with Gasteiger partial charge in [-0.25, -0.2) is 4.98 Å². The third kappa shape index (κ3) is 3.14. The lowest BCUT2D eigenvalue weighted by atomic mass is 9.90. The van der Waals surface area contributed by atoms with Crippen molar-refractivity contribution >= 4 is 16.4 Å². The van der Waals surface area contributed by atoms with Crippen LogP contribution in [-0.4, -0.2) is 19.4 Å². The van der Waals surface area contributed by atoms with Crippen molar-refractivity contribution in [2.45, 2.75) is 26.2 Å². The summed E-state index contributed by atoms with van der Waals surface area (Å²) < 4.78 is 8.16. The maximum absolute atomic E-state index is 6.03. The highest BCUT2D eigenvalue weighted by Gasteiger charge is 2.21. The lowest BCUT2D eigenvalue weighted by Crippen LogP contribution is -2.16. The molecule has 1 N–H and O–H groups in total. The van der Waals surface area contributed by atoms with Crippen LogP contribution in [-0.2, 0) is 5.41 Å². The fraction of sp³-hybridized carbons (Fsp3) is 0.167. The third-order valence-electron chi connectivity index (χ3n) is 5.02. The minimum atomic E-state index is -0.0330. The molecule has 0 saturated carbocycles. The highest BCUT2D eigenvalue weighted by molar-refractivity contribution is 5.94. The van der Waals surface area contributed by atoms with E-state index in [-0.39, 0.29) is 5.41 Å². The second kappa shape index (κ2) is 6.48. The zero-order valence-corrected chi connectivity index (χ0v) is 16.7. The Morgan fingerprint density at radius 3 is 2.52 bits per heavy atom. The van der Waals surface area contributed by atoms with E-state index in [0.717, 1.165) is 22.4 Å². The molecule has 3 heterocycles. The average Bonchev–Trinajstić information content (AvgIpc) is 3.34. The fourth-order valence-electron chi connectivity index (χ4n) is 3.61. The molecule has 0 fully saturated rings. The number of benzene rings is 2. The lowest BCUT2D eigenvalue weighted by Gasteiger charge is -2.21. The van der Waals surface area contributed by atoms with Crippen molar-refractivity contribution in [3.05, 3.63) is 78.8 Å². The number of pyridine rings is 1. The number of hydrogen-bond donors (Lipinski definition) is 1. The van der Waals surface area contributed by atoms with Gasteiger partial charge in [0, 0.05) is 22.1 Å². The van der Waals surface area contributed by atoms with Crippen LogP contribution in [0.25, 0.3) is 27.8 Å². The molecule has 0 aliphatic rings. The van der Waals surface area contributed by atoms with E-state index in [1.807, 2.05) is 42.6 Å². The largest absolute Gasteiger partial charge is 0.419 e. The van der Waals surface area contributed by atoms with E-state index < -0.39 is 0 Å². The van der Waals surface area contributed by atoms with Crippen molar-refractivity contribution in [3.8, 4) is 23.1 Å². The Kier molecular flexibility index (Phi) is 3.91. The molecule has 5 heteroatoms. The maximum Gasteiger partial charge on any atom is 0.240 e. The van der Waals surface area contributed by atoms with Crippen LogP contribution in [0.4, 0.5) is 0 Å². The molecule has 0 aliphatic heterocycles. The molecule has 29 heavy (non-hydrogen) atoms. The van der Waals surface area contributed by atoms with E-state index in [0.29, 0.717) is 11.8 Å². The van der Waals surface area contributed by atoms with Crippen molar-refractivity contribution < 1.29 is 4.74 Å². The Bertz CT molecular complexity index is 1310. The molecule has 3 aromatic heterocycles. The van der Waals surface area contributed by atoms with Crippen molar-refractivity contribution in [1.82, 2.24) is 19.4 Å². The van der Waals surface area contributed by atoms with Gasteiger partial charge in [-0.3, -0.25) is 4.40 Å². The van der Waals surface area contributed by atoms with Gasteiger partial charge < -0.3 is 9.72 Å². The van der Waals surface area contributed by atoms with Crippen molar-refractivity contribution in [1.29, 1.82) is 0 Å². The summed E-state index contributed by atoms with van der Waals surface area (Å²) in [7, 11) is 0. The molecular weight excluding hydrogens is 360 g/mol. The standard InChI is InChI=1S/C24H22N4O/c1-24(2,3)19-13-17-11-7-8-12-18(17)23-27-21(15-28(19)23)29-20-14-25-22(26-20)16-9-5-4-6-10-16/h4-15H,1-3H3,(H,25,26). The molecule has 0 amide bonds. The number of imidazole rings is 2. The summed E-state index contributed by atoms with van der Waals surface area (Å²) in [5.74, 6) is 1.87. The van der Waals surface area contributed by atoms with Crippen LogP contribution in [0, 0.1) is 0 Å². The average molecular weight is 382 g/mol.